The minimum absolute atomic E-state index is 0.00625. The van der Waals surface area contributed by atoms with Crippen molar-refractivity contribution in [3.63, 3.8) is 0 Å². The van der Waals surface area contributed by atoms with Crippen LogP contribution in [-0.4, -0.2) is 50.8 Å². The molecule has 1 unspecified atom stereocenters. The lowest BCUT2D eigenvalue weighted by atomic mass is 9.80. The van der Waals surface area contributed by atoms with E-state index >= 15 is 0 Å². The van der Waals surface area contributed by atoms with Crippen LogP contribution in [0.4, 0.5) is 11.4 Å². The molecule has 3 rings (SSSR count). The summed E-state index contributed by atoms with van der Waals surface area (Å²) >= 11 is 0. The molecule has 0 spiro atoms. The predicted molar refractivity (Wildman–Crippen MR) is 151 cm³/mol. The molecule has 2 aromatic rings. The van der Waals surface area contributed by atoms with Crippen LogP contribution in [0.15, 0.2) is 73.0 Å². The van der Waals surface area contributed by atoms with Crippen LogP contribution in [0, 0.1) is 0 Å². The molecule has 1 heterocycles. The van der Waals surface area contributed by atoms with Crippen molar-refractivity contribution in [3.8, 4) is 0 Å². The third kappa shape index (κ3) is 8.21. The summed E-state index contributed by atoms with van der Waals surface area (Å²) in [5.74, 6) is -1.56. The second-order valence-corrected chi connectivity index (χ2v) is 10.1. The van der Waals surface area contributed by atoms with Crippen molar-refractivity contribution in [2.75, 3.05) is 37.1 Å². The smallest absolute Gasteiger partial charge is 0.333 e. The summed E-state index contributed by atoms with van der Waals surface area (Å²) in [6.45, 7) is 9.62. The fourth-order valence-corrected chi connectivity index (χ4v) is 4.54. The van der Waals surface area contributed by atoms with Gasteiger partial charge in [-0.1, -0.05) is 50.8 Å². The van der Waals surface area contributed by atoms with Crippen molar-refractivity contribution < 1.29 is 28.6 Å². The molecule has 2 aromatic carbocycles. The second-order valence-electron chi connectivity index (χ2n) is 10.1. The van der Waals surface area contributed by atoms with Crippen LogP contribution in [0.25, 0.3) is 0 Å². The Morgan fingerprint density at radius 1 is 0.949 bits per heavy atom. The highest BCUT2D eigenvalue weighted by molar-refractivity contribution is 5.86. The monoisotopic (exact) mass is 534 g/mol. The number of fused-ring (bicyclic) bond motifs is 1. The van der Waals surface area contributed by atoms with Crippen LogP contribution in [0.5, 0.6) is 0 Å². The molecule has 0 saturated carbocycles. The van der Waals surface area contributed by atoms with E-state index in [-0.39, 0.29) is 49.7 Å². The molecule has 8 nitrogen and oxygen atoms in total. The number of esters is 3. The minimum atomic E-state index is -0.553. The van der Waals surface area contributed by atoms with Gasteiger partial charge in [-0.05, 0) is 48.5 Å². The molecule has 0 amide bonds. The molecule has 0 bridgehead atoms. The topological polar surface area (TPSA) is 94.2 Å². The zero-order valence-electron chi connectivity index (χ0n) is 23.2. The highest BCUT2D eigenvalue weighted by Crippen LogP contribution is 2.44. The van der Waals surface area contributed by atoms with E-state index in [0.717, 1.165) is 11.3 Å². The lowest BCUT2D eigenvalue weighted by molar-refractivity contribution is -0.153. The van der Waals surface area contributed by atoms with E-state index in [4.69, 9.17) is 14.2 Å². The van der Waals surface area contributed by atoms with Crippen molar-refractivity contribution in [2.45, 2.75) is 51.5 Å². The first-order chi connectivity index (χ1) is 18.6. The van der Waals surface area contributed by atoms with Crippen LogP contribution in [0.2, 0.25) is 0 Å². The normalized spacial score (nSPS) is 15.5. The van der Waals surface area contributed by atoms with Crippen LogP contribution < -0.4 is 10.2 Å². The van der Waals surface area contributed by atoms with E-state index in [2.05, 4.69) is 68.0 Å². The van der Waals surface area contributed by atoms with Gasteiger partial charge in [-0.2, -0.15) is 0 Å². The van der Waals surface area contributed by atoms with Gasteiger partial charge < -0.3 is 24.4 Å². The summed E-state index contributed by atoms with van der Waals surface area (Å²) in [6.07, 6.45) is 4.59. The average Bonchev–Trinajstić information content (AvgIpc) is 3.11. The largest absolute Gasteiger partial charge is 0.465 e. The van der Waals surface area contributed by atoms with Crippen LogP contribution in [0.1, 0.15) is 44.7 Å². The Kier molecular flexibility index (Phi) is 10.3. The number of nitrogens with zero attached hydrogens (tertiary/aromatic N) is 1. The number of hydrogen-bond acceptors (Lipinski definition) is 8. The van der Waals surface area contributed by atoms with Gasteiger partial charge >= 0.3 is 17.9 Å². The maximum absolute atomic E-state index is 11.9. The number of anilines is 2. The van der Waals surface area contributed by atoms with Crippen molar-refractivity contribution in [1.82, 2.24) is 0 Å². The first-order valence-electron chi connectivity index (χ1n) is 13.1. The van der Waals surface area contributed by atoms with E-state index < -0.39 is 17.9 Å². The molecule has 39 heavy (non-hydrogen) atoms. The van der Waals surface area contributed by atoms with E-state index in [1.54, 1.807) is 0 Å². The summed E-state index contributed by atoms with van der Waals surface area (Å²) in [4.78, 5) is 37.2. The number of hydrogen-bond donors (Lipinski definition) is 1. The number of benzene rings is 2. The Morgan fingerprint density at radius 3 is 2.21 bits per heavy atom. The van der Waals surface area contributed by atoms with Crippen LogP contribution >= 0.6 is 0 Å². The lowest BCUT2D eigenvalue weighted by Crippen LogP contribution is -2.37. The molecule has 8 heteroatoms. The molecule has 1 aliphatic heterocycles. The first-order valence-corrected chi connectivity index (χ1v) is 13.1. The minimum Gasteiger partial charge on any atom is -0.465 e. The van der Waals surface area contributed by atoms with E-state index in [1.165, 1.54) is 18.2 Å². The van der Waals surface area contributed by atoms with Gasteiger partial charge in [0.25, 0.3) is 0 Å². The molecule has 1 atom stereocenters. The zero-order valence-corrected chi connectivity index (χ0v) is 23.2. The molecule has 0 aromatic heterocycles. The predicted octanol–water partition coefficient (Wildman–Crippen LogP) is 4.94. The SMILES string of the molecule is C=C(C)C(=O)OCCOC(=O)CCC(=O)OCCc1ccc(N/C=C/C2N(C)c3ccccc3C2(C)C)cc1. The number of para-hydroxylation sites is 1. The Labute approximate surface area is 230 Å². The van der Waals surface area contributed by atoms with Gasteiger partial charge in [-0.25, -0.2) is 4.79 Å². The van der Waals surface area contributed by atoms with Gasteiger partial charge in [0, 0.05) is 35.8 Å². The number of ether oxygens (including phenoxy) is 3. The molecular weight excluding hydrogens is 496 g/mol. The molecule has 0 aliphatic carbocycles. The van der Waals surface area contributed by atoms with E-state index in [9.17, 15) is 14.4 Å². The first kappa shape index (κ1) is 29.5. The van der Waals surface area contributed by atoms with E-state index in [1.807, 2.05) is 30.5 Å². The summed E-state index contributed by atoms with van der Waals surface area (Å²) in [7, 11) is 2.13. The number of nitrogens with one attached hydrogen (secondary N) is 1. The quantitative estimate of drug-likeness (QED) is 0.167. The third-order valence-electron chi connectivity index (χ3n) is 6.73. The summed E-state index contributed by atoms with van der Waals surface area (Å²) in [6, 6.07) is 16.7. The van der Waals surface area contributed by atoms with Crippen molar-refractivity contribution in [1.29, 1.82) is 0 Å². The summed E-state index contributed by atoms with van der Waals surface area (Å²) in [5.41, 5.74) is 4.90. The standard InChI is InChI=1S/C31H38N2O6/c1-22(2)30(36)39-21-20-38-29(35)15-14-28(34)37-19-17-23-10-12-24(13-11-23)32-18-16-27-31(3,4)25-8-6-7-9-26(25)33(27)5/h6-13,16,18,27,32H,1,14-15,17,19-21H2,2-5H3/b18-16+. The van der Waals surface area contributed by atoms with Gasteiger partial charge in [0.1, 0.15) is 13.2 Å². The van der Waals surface area contributed by atoms with Gasteiger partial charge in [-0.15, -0.1) is 0 Å². The molecule has 0 saturated heterocycles. The van der Waals surface area contributed by atoms with Crippen molar-refractivity contribution in [3.05, 3.63) is 84.1 Å². The molecule has 1 aliphatic rings. The molecular formula is C31H38N2O6. The Hall–Kier alpha value is -4.07. The van der Waals surface area contributed by atoms with Gasteiger partial charge in [-0.3, -0.25) is 9.59 Å². The highest BCUT2D eigenvalue weighted by Gasteiger charge is 2.41. The van der Waals surface area contributed by atoms with Crippen LogP contribution in [-0.2, 0) is 40.4 Å². The molecule has 0 fully saturated rings. The fraction of sp³-hybridized carbons (Fsp3) is 0.387. The maximum atomic E-state index is 11.9. The zero-order chi connectivity index (χ0) is 28.4. The lowest BCUT2D eigenvalue weighted by Gasteiger charge is -2.29. The van der Waals surface area contributed by atoms with Gasteiger partial charge in [0.15, 0.2) is 0 Å². The molecule has 0 radical (unpaired) electrons. The number of rotatable bonds is 13. The van der Waals surface area contributed by atoms with Gasteiger partial charge in [0.05, 0.1) is 25.5 Å². The maximum Gasteiger partial charge on any atom is 0.333 e. The number of carbonyl (C=O) groups excluding carboxylic acids is 3. The Bertz CT molecular complexity index is 1200. The molecule has 1 N–H and O–H groups in total. The molecule has 208 valence electrons. The third-order valence-corrected chi connectivity index (χ3v) is 6.73. The average molecular weight is 535 g/mol. The second kappa shape index (κ2) is 13.6. The van der Waals surface area contributed by atoms with E-state index in [0.29, 0.717) is 6.42 Å². The Balaban J connectivity index is 1.33. The Morgan fingerprint density at radius 2 is 1.56 bits per heavy atom. The fourth-order valence-electron chi connectivity index (χ4n) is 4.54. The van der Waals surface area contributed by atoms with Crippen LogP contribution in [0.3, 0.4) is 0 Å². The summed E-state index contributed by atoms with van der Waals surface area (Å²) in [5, 5.41) is 3.35. The van der Waals surface area contributed by atoms with Crippen molar-refractivity contribution >= 4 is 29.3 Å². The highest BCUT2D eigenvalue weighted by atomic mass is 16.6. The number of likely N-dealkylation sites (N-methyl/N-ethyl adjacent to an activating group) is 1. The van der Waals surface area contributed by atoms with Crippen molar-refractivity contribution in [2.24, 2.45) is 0 Å². The number of carbonyl (C=O) groups is 3. The van der Waals surface area contributed by atoms with Gasteiger partial charge in [0.2, 0.25) is 0 Å². The summed E-state index contributed by atoms with van der Waals surface area (Å²) < 4.78 is 15.0.